The van der Waals surface area contributed by atoms with Gasteiger partial charge in [0.2, 0.25) is 0 Å². The van der Waals surface area contributed by atoms with Gasteiger partial charge < -0.3 is 0 Å². The lowest BCUT2D eigenvalue weighted by Gasteiger charge is -1.90. The molecule has 0 heterocycles. The van der Waals surface area contributed by atoms with Crippen LogP contribution in [0.4, 0.5) is 0 Å². The van der Waals surface area contributed by atoms with E-state index in [9.17, 15) is 0 Å². The lowest BCUT2D eigenvalue weighted by molar-refractivity contribution is 1.37. The maximum Gasteiger partial charge on any atom is 0.00426 e. The zero-order valence-corrected chi connectivity index (χ0v) is 11.0. The third kappa shape index (κ3) is 5.04. The molecule has 0 radical (unpaired) electrons. The lowest BCUT2D eigenvalue weighted by atomic mass is 10.2. The number of hydrogen-bond donors (Lipinski definition) is 1. The molecule has 0 nitrogen and oxygen atoms in total. The van der Waals surface area contributed by atoms with E-state index in [-0.39, 0.29) is 0 Å². The summed E-state index contributed by atoms with van der Waals surface area (Å²) in [7, 11) is 0. The Kier molecular flexibility index (Phi) is 5.13. The smallest absolute Gasteiger partial charge is 0.00426 e. The summed E-state index contributed by atoms with van der Waals surface area (Å²) in [5.41, 5.74) is 3.94. The Balaban J connectivity index is 0.000000160. The van der Waals surface area contributed by atoms with E-state index in [1.54, 1.807) is 0 Å². The van der Waals surface area contributed by atoms with Crippen molar-refractivity contribution < 1.29 is 0 Å². The zero-order chi connectivity index (χ0) is 12.0. The van der Waals surface area contributed by atoms with Crippen molar-refractivity contribution in [3.8, 4) is 0 Å². The van der Waals surface area contributed by atoms with Gasteiger partial charge in [-0.25, -0.2) is 0 Å². The monoisotopic (exact) mass is 230 g/mol. The van der Waals surface area contributed by atoms with Crippen molar-refractivity contribution >= 4 is 12.6 Å². The highest BCUT2D eigenvalue weighted by Crippen LogP contribution is 2.06. The van der Waals surface area contributed by atoms with E-state index in [0.29, 0.717) is 0 Å². The molecule has 16 heavy (non-hydrogen) atoms. The second-order valence-electron chi connectivity index (χ2n) is 4.00. The highest BCUT2D eigenvalue weighted by Gasteiger charge is 1.82. The standard InChI is InChI=1S/C8H10.C7H8S/c1-7-4-3-5-8(2)6-7;1-6-3-2-4-7(8)5-6/h3-6H,1-2H3;2-5,8H,1H3. The van der Waals surface area contributed by atoms with Crippen LogP contribution in [-0.4, -0.2) is 0 Å². The van der Waals surface area contributed by atoms with Crippen molar-refractivity contribution in [3.05, 3.63) is 65.2 Å². The molecule has 0 aliphatic carbocycles. The van der Waals surface area contributed by atoms with Gasteiger partial charge in [-0.1, -0.05) is 53.1 Å². The summed E-state index contributed by atoms with van der Waals surface area (Å²) in [4.78, 5) is 1.03. The maximum atomic E-state index is 4.15. The summed E-state index contributed by atoms with van der Waals surface area (Å²) < 4.78 is 0. The van der Waals surface area contributed by atoms with E-state index in [2.05, 4.69) is 63.7 Å². The molecular weight excluding hydrogens is 212 g/mol. The third-order valence-electron chi connectivity index (χ3n) is 2.18. The molecule has 0 aromatic heterocycles. The fraction of sp³-hybridized carbons (Fsp3) is 0.200. The average Bonchev–Trinajstić information content (AvgIpc) is 2.17. The summed E-state index contributed by atoms with van der Waals surface area (Å²) in [6.07, 6.45) is 0. The molecule has 0 amide bonds. The van der Waals surface area contributed by atoms with Crippen molar-refractivity contribution in [1.82, 2.24) is 0 Å². The minimum atomic E-state index is 1.03. The van der Waals surface area contributed by atoms with Gasteiger partial charge in [0.15, 0.2) is 0 Å². The largest absolute Gasteiger partial charge is 0.143 e. The van der Waals surface area contributed by atoms with Crippen LogP contribution in [0.3, 0.4) is 0 Å². The van der Waals surface area contributed by atoms with Gasteiger partial charge in [-0.15, -0.1) is 12.6 Å². The van der Waals surface area contributed by atoms with Crippen LogP contribution >= 0.6 is 12.6 Å². The molecule has 2 rings (SSSR count). The maximum absolute atomic E-state index is 4.15. The Bertz CT molecular complexity index is 369. The first kappa shape index (κ1) is 12.9. The van der Waals surface area contributed by atoms with Crippen molar-refractivity contribution in [1.29, 1.82) is 0 Å². The average molecular weight is 230 g/mol. The minimum absolute atomic E-state index is 1.03. The van der Waals surface area contributed by atoms with Crippen LogP contribution < -0.4 is 0 Å². The van der Waals surface area contributed by atoms with Crippen LogP contribution in [0.2, 0.25) is 0 Å². The van der Waals surface area contributed by atoms with Crippen LogP contribution in [0.25, 0.3) is 0 Å². The van der Waals surface area contributed by atoms with Crippen LogP contribution in [-0.2, 0) is 0 Å². The van der Waals surface area contributed by atoms with Gasteiger partial charge in [0.25, 0.3) is 0 Å². The fourth-order valence-electron chi connectivity index (χ4n) is 1.43. The fourth-order valence-corrected chi connectivity index (χ4v) is 1.72. The van der Waals surface area contributed by atoms with E-state index in [0.717, 1.165) is 4.90 Å². The van der Waals surface area contributed by atoms with Gasteiger partial charge >= 0.3 is 0 Å². The first-order chi connectivity index (χ1) is 7.58. The predicted molar refractivity (Wildman–Crippen MR) is 74.3 cm³/mol. The Labute approximate surface area is 104 Å². The van der Waals surface area contributed by atoms with Gasteiger partial charge in [-0.3, -0.25) is 0 Å². The molecule has 0 unspecified atom stereocenters. The molecule has 0 spiro atoms. The van der Waals surface area contributed by atoms with Crippen LogP contribution in [0, 0.1) is 20.8 Å². The summed E-state index contributed by atoms with van der Waals surface area (Å²) in [6.45, 7) is 6.26. The summed E-state index contributed by atoms with van der Waals surface area (Å²) in [5, 5.41) is 0. The number of aryl methyl sites for hydroxylation is 3. The zero-order valence-electron chi connectivity index (χ0n) is 10.1. The molecule has 0 aliphatic heterocycles. The van der Waals surface area contributed by atoms with Crippen LogP contribution in [0.15, 0.2) is 53.4 Å². The van der Waals surface area contributed by atoms with Crippen molar-refractivity contribution in [2.75, 3.05) is 0 Å². The van der Waals surface area contributed by atoms with E-state index >= 15 is 0 Å². The molecule has 0 N–H and O–H groups in total. The second kappa shape index (κ2) is 6.39. The van der Waals surface area contributed by atoms with Gasteiger partial charge in [-0.05, 0) is 32.9 Å². The molecule has 1 heteroatoms. The molecule has 2 aromatic carbocycles. The normalized spacial score (nSPS) is 9.25. The molecule has 0 saturated heterocycles. The van der Waals surface area contributed by atoms with E-state index in [4.69, 9.17) is 0 Å². The molecule has 0 atom stereocenters. The Morgan fingerprint density at radius 2 is 1.12 bits per heavy atom. The van der Waals surface area contributed by atoms with Crippen molar-refractivity contribution in [2.45, 2.75) is 25.7 Å². The Morgan fingerprint density at radius 3 is 1.38 bits per heavy atom. The van der Waals surface area contributed by atoms with Crippen LogP contribution in [0.1, 0.15) is 16.7 Å². The highest BCUT2D eigenvalue weighted by atomic mass is 32.1. The highest BCUT2D eigenvalue weighted by molar-refractivity contribution is 7.80. The number of benzene rings is 2. The minimum Gasteiger partial charge on any atom is -0.143 e. The quantitative estimate of drug-likeness (QED) is 0.629. The van der Waals surface area contributed by atoms with Gasteiger partial charge in [-0.2, -0.15) is 0 Å². The van der Waals surface area contributed by atoms with Gasteiger partial charge in [0, 0.05) is 4.90 Å². The topological polar surface area (TPSA) is 0 Å². The molecule has 84 valence electrons. The first-order valence-corrected chi connectivity index (χ1v) is 5.81. The lowest BCUT2D eigenvalue weighted by Crippen LogP contribution is -1.71. The van der Waals surface area contributed by atoms with Crippen LogP contribution in [0.5, 0.6) is 0 Å². The molecule has 0 aliphatic rings. The number of hydrogen-bond acceptors (Lipinski definition) is 1. The van der Waals surface area contributed by atoms with E-state index < -0.39 is 0 Å². The Morgan fingerprint density at radius 1 is 0.688 bits per heavy atom. The van der Waals surface area contributed by atoms with Crippen molar-refractivity contribution in [3.63, 3.8) is 0 Å². The summed E-state index contributed by atoms with van der Waals surface area (Å²) in [5.74, 6) is 0. The van der Waals surface area contributed by atoms with E-state index in [1.807, 2.05) is 18.2 Å². The first-order valence-electron chi connectivity index (χ1n) is 5.37. The molecule has 0 saturated carbocycles. The molecular formula is C15H18S. The summed E-state index contributed by atoms with van der Waals surface area (Å²) in [6, 6.07) is 16.5. The predicted octanol–water partition coefficient (Wildman–Crippen LogP) is 4.59. The Hall–Kier alpha value is -1.21. The number of rotatable bonds is 0. The second-order valence-corrected chi connectivity index (χ2v) is 4.51. The molecule has 0 fully saturated rings. The third-order valence-corrected chi connectivity index (χ3v) is 2.45. The molecule has 2 aromatic rings. The van der Waals surface area contributed by atoms with Gasteiger partial charge in [0.05, 0.1) is 0 Å². The summed E-state index contributed by atoms with van der Waals surface area (Å²) >= 11 is 4.15. The SMILES string of the molecule is Cc1cccc(C)c1.Cc1cccc(S)c1. The molecule has 0 bridgehead atoms. The number of thiol groups is 1. The van der Waals surface area contributed by atoms with E-state index in [1.165, 1.54) is 16.7 Å². The van der Waals surface area contributed by atoms with Gasteiger partial charge in [0.1, 0.15) is 0 Å². The van der Waals surface area contributed by atoms with Crippen molar-refractivity contribution in [2.24, 2.45) is 0 Å².